The van der Waals surface area contributed by atoms with Gasteiger partial charge >= 0.3 is 0 Å². The molecular formula is C6H4N4O. The predicted octanol–water partition coefficient (Wildman–Crippen LogP) is 0.527. The lowest BCUT2D eigenvalue weighted by Gasteiger charge is -1.87. The summed E-state index contributed by atoms with van der Waals surface area (Å²) in [4.78, 5) is 7.83. The van der Waals surface area contributed by atoms with Gasteiger partial charge in [-0.2, -0.15) is 0 Å². The van der Waals surface area contributed by atoms with E-state index < -0.39 is 0 Å². The SMILES string of the molecule is c1cnc(-c2nnco2)nc1. The third-order valence-corrected chi connectivity index (χ3v) is 1.12. The van der Waals surface area contributed by atoms with Gasteiger partial charge in [-0.25, -0.2) is 9.97 Å². The summed E-state index contributed by atoms with van der Waals surface area (Å²) in [6, 6.07) is 1.72. The molecule has 2 heterocycles. The summed E-state index contributed by atoms with van der Waals surface area (Å²) in [6.07, 6.45) is 4.48. The maximum absolute atomic E-state index is 4.87. The number of hydrogen-bond donors (Lipinski definition) is 0. The molecule has 0 spiro atoms. The summed E-state index contributed by atoms with van der Waals surface area (Å²) < 4.78 is 4.87. The molecule has 0 radical (unpaired) electrons. The van der Waals surface area contributed by atoms with Gasteiger partial charge in [0.15, 0.2) is 0 Å². The average Bonchev–Trinajstić information content (AvgIpc) is 2.58. The molecule has 2 rings (SSSR count). The number of hydrogen-bond acceptors (Lipinski definition) is 5. The summed E-state index contributed by atoms with van der Waals surface area (Å²) in [6.45, 7) is 0. The molecule has 0 saturated heterocycles. The van der Waals surface area contributed by atoms with Crippen LogP contribution < -0.4 is 0 Å². The van der Waals surface area contributed by atoms with Gasteiger partial charge in [-0.05, 0) is 6.07 Å². The van der Waals surface area contributed by atoms with E-state index in [4.69, 9.17) is 4.42 Å². The maximum Gasteiger partial charge on any atom is 0.285 e. The van der Waals surface area contributed by atoms with Crippen molar-refractivity contribution in [1.29, 1.82) is 0 Å². The Bertz CT molecular complexity index is 318. The first-order chi connectivity index (χ1) is 5.47. The molecule has 2 aromatic rings. The third-order valence-electron chi connectivity index (χ3n) is 1.12. The van der Waals surface area contributed by atoms with E-state index in [0.717, 1.165) is 0 Å². The fourth-order valence-corrected chi connectivity index (χ4v) is 0.680. The molecule has 0 amide bonds. The molecule has 0 N–H and O–H groups in total. The zero-order chi connectivity index (χ0) is 7.52. The smallest absolute Gasteiger partial charge is 0.285 e. The quantitative estimate of drug-likeness (QED) is 0.590. The lowest BCUT2D eigenvalue weighted by Crippen LogP contribution is -1.85. The molecule has 2 aromatic heterocycles. The molecule has 0 unspecified atom stereocenters. The molecule has 0 fully saturated rings. The molecule has 0 saturated carbocycles. The monoisotopic (exact) mass is 148 g/mol. The molecule has 11 heavy (non-hydrogen) atoms. The van der Waals surface area contributed by atoms with Crippen LogP contribution in [0, 0.1) is 0 Å². The van der Waals surface area contributed by atoms with E-state index in [2.05, 4.69) is 20.2 Å². The van der Waals surface area contributed by atoms with Gasteiger partial charge in [0.1, 0.15) is 0 Å². The van der Waals surface area contributed by atoms with Crippen molar-refractivity contribution in [3.63, 3.8) is 0 Å². The van der Waals surface area contributed by atoms with E-state index in [1.165, 1.54) is 6.39 Å². The van der Waals surface area contributed by atoms with Crippen LogP contribution in [-0.4, -0.2) is 20.2 Å². The lowest BCUT2D eigenvalue weighted by atomic mass is 10.5. The van der Waals surface area contributed by atoms with E-state index in [9.17, 15) is 0 Å². The number of aromatic nitrogens is 4. The Morgan fingerprint density at radius 2 is 2.00 bits per heavy atom. The van der Waals surface area contributed by atoms with Gasteiger partial charge < -0.3 is 4.42 Å². The van der Waals surface area contributed by atoms with Gasteiger partial charge in [0.25, 0.3) is 5.89 Å². The topological polar surface area (TPSA) is 64.7 Å². The van der Waals surface area contributed by atoms with Crippen molar-refractivity contribution in [2.75, 3.05) is 0 Å². The van der Waals surface area contributed by atoms with Crippen molar-refractivity contribution >= 4 is 0 Å². The van der Waals surface area contributed by atoms with Crippen LogP contribution in [0.3, 0.4) is 0 Å². The minimum Gasteiger partial charge on any atom is -0.421 e. The summed E-state index contributed by atoms with van der Waals surface area (Å²) in [5, 5.41) is 7.15. The molecular weight excluding hydrogens is 144 g/mol. The highest BCUT2D eigenvalue weighted by molar-refractivity contribution is 5.36. The largest absolute Gasteiger partial charge is 0.421 e. The van der Waals surface area contributed by atoms with Crippen LogP contribution in [0.4, 0.5) is 0 Å². The third kappa shape index (κ3) is 1.07. The summed E-state index contributed by atoms with van der Waals surface area (Å²) in [5.41, 5.74) is 0. The Labute approximate surface area is 62.1 Å². The van der Waals surface area contributed by atoms with Gasteiger partial charge in [-0.15, -0.1) is 10.2 Å². The Balaban J connectivity index is 2.46. The fraction of sp³-hybridized carbons (Fsp3) is 0. The molecule has 0 aliphatic heterocycles. The van der Waals surface area contributed by atoms with Crippen LogP contribution in [0.2, 0.25) is 0 Å². The second-order valence-corrected chi connectivity index (χ2v) is 1.82. The fourth-order valence-electron chi connectivity index (χ4n) is 0.680. The van der Waals surface area contributed by atoms with E-state index in [-0.39, 0.29) is 0 Å². The molecule has 0 aliphatic rings. The second kappa shape index (κ2) is 2.45. The van der Waals surface area contributed by atoms with Crippen molar-refractivity contribution in [2.24, 2.45) is 0 Å². The van der Waals surface area contributed by atoms with Crippen molar-refractivity contribution in [1.82, 2.24) is 20.2 Å². The van der Waals surface area contributed by atoms with Crippen molar-refractivity contribution in [3.8, 4) is 11.7 Å². The molecule has 5 heteroatoms. The van der Waals surface area contributed by atoms with Crippen molar-refractivity contribution < 1.29 is 4.42 Å². The number of nitrogens with zero attached hydrogens (tertiary/aromatic N) is 4. The highest BCUT2D eigenvalue weighted by atomic mass is 16.4. The zero-order valence-electron chi connectivity index (χ0n) is 5.51. The van der Waals surface area contributed by atoms with Crippen LogP contribution in [0.1, 0.15) is 0 Å². The summed E-state index contributed by atoms with van der Waals surface area (Å²) >= 11 is 0. The van der Waals surface area contributed by atoms with Gasteiger partial charge in [0.05, 0.1) is 0 Å². The summed E-state index contributed by atoms with van der Waals surface area (Å²) in [7, 11) is 0. The molecule has 0 aliphatic carbocycles. The molecule has 0 atom stereocenters. The second-order valence-electron chi connectivity index (χ2n) is 1.82. The van der Waals surface area contributed by atoms with E-state index in [0.29, 0.717) is 11.7 Å². The maximum atomic E-state index is 4.87. The van der Waals surface area contributed by atoms with Crippen LogP contribution in [-0.2, 0) is 0 Å². The molecule has 54 valence electrons. The van der Waals surface area contributed by atoms with E-state index >= 15 is 0 Å². The van der Waals surface area contributed by atoms with Crippen molar-refractivity contribution in [3.05, 3.63) is 24.9 Å². The Morgan fingerprint density at radius 1 is 1.18 bits per heavy atom. The van der Waals surface area contributed by atoms with Crippen LogP contribution in [0.25, 0.3) is 11.7 Å². The Hall–Kier alpha value is -1.78. The Morgan fingerprint density at radius 3 is 2.64 bits per heavy atom. The normalized spacial score (nSPS) is 9.82. The van der Waals surface area contributed by atoms with E-state index in [1.54, 1.807) is 18.5 Å². The molecule has 5 nitrogen and oxygen atoms in total. The minimum atomic E-state index is 0.339. The predicted molar refractivity (Wildman–Crippen MR) is 35.3 cm³/mol. The van der Waals surface area contributed by atoms with Crippen LogP contribution >= 0.6 is 0 Å². The Kier molecular flexibility index (Phi) is 1.33. The average molecular weight is 148 g/mol. The summed E-state index contributed by atoms with van der Waals surface area (Å²) in [5.74, 6) is 0.788. The minimum absolute atomic E-state index is 0.339. The molecule has 0 aromatic carbocycles. The highest BCUT2D eigenvalue weighted by Gasteiger charge is 2.03. The zero-order valence-corrected chi connectivity index (χ0v) is 5.51. The van der Waals surface area contributed by atoms with E-state index in [1.807, 2.05) is 0 Å². The first-order valence-corrected chi connectivity index (χ1v) is 3.00. The first kappa shape index (κ1) is 5.96. The van der Waals surface area contributed by atoms with Gasteiger partial charge in [0, 0.05) is 12.4 Å². The standard InChI is InChI=1S/C6H4N4O/c1-2-7-5(8-3-1)6-10-9-4-11-6/h1-4H. The number of rotatable bonds is 1. The van der Waals surface area contributed by atoms with Gasteiger partial charge in [-0.1, -0.05) is 0 Å². The van der Waals surface area contributed by atoms with Gasteiger partial charge in [0.2, 0.25) is 12.2 Å². The van der Waals surface area contributed by atoms with Gasteiger partial charge in [-0.3, -0.25) is 0 Å². The van der Waals surface area contributed by atoms with Crippen molar-refractivity contribution in [2.45, 2.75) is 0 Å². The van der Waals surface area contributed by atoms with Crippen LogP contribution in [0.15, 0.2) is 29.3 Å². The van der Waals surface area contributed by atoms with Crippen LogP contribution in [0.5, 0.6) is 0 Å². The highest BCUT2D eigenvalue weighted by Crippen LogP contribution is 2.06. The first-order valence-electron chi connectivity index (χ1n) is 3.00. The molecule has 0 bridgehead atoms. The lowest BCUT2D eigenvalue weighted by molar-refractivity contribution is 0.563.